The minimum absolute atomic E-state index is 0.438. The molecule has 0 radical (unpaired) electrons. The van der Waals surface area contributed by atoms with Crippen LogP contribution in [0.25, 0.3) is 0 Å². The van der Waals surface area contributed by atoms with Crippen LogP contribution in [0, 0.1) is 0 Å². The number of benzene rings is 2. The van der Waals surface area contributed by atoms with Gasteiger partial charge in [-0.2, -0.15) is 0 Å². The molecule has 2 aromatic carbocycles. The Balaban J connectivity index is 1.53. The molecule has 0 saturated heterocycles. The Kier molecular flexibility index (Phi) is 13.0. The topological polar surface area (TPSA) is 94.8 Å². The minimum Gasteiger partial charge on any atom is -0.496 e. The van der Waals surface area contributed by atoms with Crippen LogP contribution in [-0.4, -0.2) is 53.4 Å². The molecule has 0 spiro atoms. The van der Waals surface area contributed by atoms with Crippen LogP contribution in [0.2, 0.25) is 0 Å². The first-order chi connectivity index (χ1) is 17.0. The third-order valence-electron chi connectivity index (χ3n) is 6.25. The zero-order valence-electron chi connectivity index (χ0n) is 21.9. The molecule has 0 aliphatic heterocycles. The van der Waals surface area contributed by atoms with Gasteiger partial charge in [-0.1, -0.05) is 31.9 Å². The quantitative estimate of drug-likeness (QED) is 0.277. The average Bonchev–Trinajstić information content (AvgIpc) is 2.88. The van der Waals surface area contributed by atoms with Crippen LogP contribution >= 0.6 is 0 Å². The Morgan fingerprint density at radius 1 is 0.800 bits per heavy atom. The molecule has 7 heteroatoms. The van der Waals surface area contributed by atoms with Gasteiger partial charge in [-0.3, -0.25) is 4.79 Å². The third-order valence-corrected chi connectivity index (χ3v) is 6.25. The summed E-state index contributed by atoms with van der Waals surface area (Å²) in [5.41, 5.74) is 9.51. The van der Waals surface area contributed by atoms with Gasteiger partial charge in [0, 0.05) is 5.56 Å². The molecule has 35 heavy (non-hydrogen) atoms. The number of nitrogens with one attached hydrogen (secondary N) is 2. The minimum atomic E-state index is -0.460. The van der Waals surface area contributed by atoms with E-state index in [0.29, 0.717) is 11.3 Å². The van der Waals surface area contributed by atoms with Crippen molar-refractivity contribution in [2.24, 2.45) is 5.73 Å². The molecule has 7 nitrogen and oxygen atoms in total. The van der Waals surface area contributed by atoms with Crippen LogP contribution in [0.1, 0.15) is 59.7 Å². The van der Waals surface area contributed by atoms with E-state index in [4.69, 9.17) is 19.9 Å². The van der Waals surface area contributed by atoms with Crippen molar-refractivity contribution in [3.05, 3.63) is 52.6 Å². The highest BCUT2D eigenvalue weighted by Crippen LogP contribution is 2.34. The highest BCUT2D eigenvalue weighted by Gasteiger charge is 2.13. The van der Waals surface area contributed by atoms with Crippen LogP contribution in [0.4, 0.5) is 0 Å². The number of ether oxygens (including phenoxy) is 3. The second-order valence-electron chi connectivity index (χ2n) is 8.61. The number of carbonyl (C=O) groups is 1. The molecular weight excluding hydrogens is 442 g/mol. The number of methoxy groups -OCH3 is 3. The zero-order valence-corrected chi connectivity index (χ0v) is 21.9. The molecule has 194 valence electrons. The summed E-state index contributed by atoms with van der Waals surface area (Å²) in [7, 11) is 4.93. The van der Waals surface area contributed by atoms with Crippen molar-refractivity contribution in [3.8, 4) is 17.2 Å². The third kappa shape index (κ3) is 9.07. The van der Waals surface area contributed by atoms with E-state index in [9.17, 15) is 4.79 Å². The predicted octanol–water partition coefficient (Wildman–Crippen LogP) is 3.90. The van der Waals surface area contributed by atoms with Crippen molar-refractivity contribution in [1.82, 2.24) is 10.6 Å². The molecule has 0 saturated carbocycles. The largest absolute Gasteiger partial charge is 0.496 e. The van der Waals surface area contributed by atoms with E-state index in [0.717, 1.165) is 62.5 Å². The molecule has 0 aliphatic rings. The van der Waals surface area contributed by atoms with E-state index in [2.05, 4.69) is 23.6 Å². The second kappa shape index (κ2) is 16.0. The van der Waals surface area contributed by atoms with Gasteiger partial charge in [0.2, 0.25) is 0 Å². The average molecular weight is 486 g/mol. The van der Waals surface area contributed by atoms with Crippen molar-refractivity contribution < 1.29 is 19.0 Å². The summed E-state index contributed by atoms with van der Waals surface area (Å²) in [6.07, 6.45) is 7.58. The van der Waals surface area contributed by atoms with E-state index in [1.165, 1.54) is 36.8 Å². The van der Waals surface area contributed by atoms with Gasteiger partial charge in [-0.15, -0.1) is 0 Å². The summed E-state index contributed by atoms with van der Waals surface area (Å²) in [6.45, 7) is 6.05. The standard InChI is InChI=1S/C28H43N3O4/c1-5-23-22(11-13-26(34-3)27(23)35-4)15-19-31-17-9-7-6-8-16-30-18-14-21-10-12-25(33-2)24(20-21)28(29)32/h10-13,20,30-31H,5-9,14-19H2,1-4H3,(H2,29,32). The number of nitrogens with two attached hydrogens (primary N) is 1. The summed E-state index contributed by atoms with van der Waals surface area (Å²) < 4.78 is 16.2. The Morgan fingerprint density at radius 2 is 1.43 bits per heavy atom. The summed E-state index contributed by atoms with van der Waals surface area (Å²) in [6, 6.07) is 9.76. The fraction of sp³-hybridized carbons (Fsp3) is 0.536. The molecule has 0 fully saturated rings. The molecule has 0 bridgehead atoms. The first-order valence-corrected chi connectivity index (χ1v) is 12.7. The van der Waals surface area contributed by atoms with Crippen LogP contribution < -0.4 is 30.6 Å². The zero-order chi connectivity index (χ0) is 25.5. The lowest BCUT2D eigenvalue weighted by Gasteiger charge is -2.16. The second-order valence-corrected chi connectivity index (χ2v) is 8.61. The summed E-state index contributed by atoms with van der Waals surface area (Å²) >= 11 is 0. The first kappa shape index (κ1) is 28.5. The van der Waals surface area contributed by atoms with Crippen molar-refractivity contribution in [2.45, 2.75) is 51.9 Å². The van der Waals surface area contributed by atoms with E-state index in [1.807, 2.05) is 18.2 Å². The Hall–Kier alpha value is -2.77. The molecule has 0 heterocycles. The van der Waals surface area contributed by atoms with Gasteiger partial charge in [-0.05, 0) is 87.6 Å². The SMILES string of the molecule is CCc1c(CCNCCCCCCNCCc2ccc(OC)c(C(N)=O)c2)ccc(OC)c1OC. The van der Waals surface area contributed by atoms with Gasteiger partial charge < -0.3 is 30.6 Å². The molecule has 0 aromatic heterocycles. The monoisotopic (exact) mass is 485 g/mol. The fourth-order valence-electron chi connectivity index (χ4n) is 4.32. The van der Waals surface area contributed by atoms with Crippen LogP contribution in [0.15, 0.2) is 30.3 Å². The molecule has 0 aliphatic carbocycles. The summed E-state index contributed by atoms with van der Waals surface area (Å²) in [5.74, 6) is 1.72. The molecule has 1 amide bonds. The summed E-state index contributed by atoms with van der Waals surface area (Å²) in [4.78, 5) is 11.5. The predicted molar refractivity (Wildman–Crippen MR) is 142 cm³/mol. The number of hydrogen-bond acceptors (Lipinski definition) is 6. The Bertz CT molecular complexity index is 917. The van der Waals surface area contributed by atoms with Gasteiger partial charge in [0.25, 0.3) is 5.91 Å². The lowest BCUT2D eigenvalue weighted by atomic mass is 10.0. The van der Waals surface area contributed by atoms with Crippen molar-refractivity contribution in [3.63, 3.8) is 0 Å². The molecule has 2 rings (SSSR count). The highest BCUT2D eigenvalue weighted by molar-refractivity contribution is 5.95. The molecule has 0 atom stereocenters. The molecule has 0 unspecified atom stereocenters. The number of rotatable bonds is 18. The van der Waals surface area contributed by atoms with Gasteiger partial charge >= 0.3 is 0 Å². The van der Waals surface area contributed by atoms with Crippen LogP contribution in [-0.2, 0) is 19.3 Å². The highest BCUT2D eigenvalue weighted by atomic mass is 16.5. The maximum atomic E-state index is 11.5. The van der Waals surface area contributed by atoms with Crippen LogP contribution in [0.5, 0.6) is 17.2 Å². The smallest absolute Gasteiger partial charge is 0.252 e. The van der Waals surface area contributed by atoms with Crippen molar-refractivity contribution >= 4 is 5.91 Å². The molecular formula is C28H43N3O4. The normalized spacial score (nSPS) is 10.9. The lowest BCUT2D eigenvalue weighted by molar-refractivity contribution is 0.0997. The summed E-state index contributed by atoms with van der Waals surface area (Å²) in [5, 5.41) is 7.06. The van der Waals surface area contributed by atoms with Gasteiger partial charge in [0.05, 0.1) is 26.9 Å². The lowest BCUT2D eigenvalue weighted by Crippen LogP contribution is -2.20. The molecule has 2 aromatic rings. The van der Waals surface area contributed by atoms with E-state index in [1.54, 1.807) is 27.4 Å². The fourth-order valence-corrected chi connectivity index (χ4v) is 4.32. The van der Waals surface area contributed by atoms with E-state index >= 15 is 0 Å². The van der Waals surface area contributed by atoms with Gasteiger partial charge in [-0.25, -0.2) is 0 Å². The van der Waals surface area contributed by atoms with Crippen molar-refractivity contribution in [2.75, 3.05) is 47.5 Å². The number of carbonyl (C=O) groups excluding carboxylic acids is 1. The first-order valence-electron chi connectivity index (χ1n) is 12.7. The maximum absolute atomic E-state index is 11.5. The van der Waals surface area contributed by atoms with Gasteiger partial charge in [0.1, 0.15) is 5.75 Å². The number of unbranched alkanes of at least 4 members (excludes halogenated alkanes) is 3. The number of amides is 1. The van der Waals surface area contributed by atoms with Gasteiger partial charge in [0.15, 0.2) is 11.5 Å². The Morgan fingerprint density at radius 3 is 2.00 bits per heavy atom. The van der Waals surface area contributed by atoms with E-state index in [-0.39, 0.29) is 0 Å². The number of primary amides is 1. The maximum Gasteiger partial charge on any atom is 0.252 e. The van der Waals surface area contributed by atoms with Crippen molar-refractivity contribution in [1.29, 1.82) is 0 Å². The van der Waals surface area contributed by atoms with E-state index < -0.39 is 5.91 Å². The number of hydrogen-bond donors (Lipinski definition) is 3. The molecule has 4 N–H and O–H groups in total. The van der Waals surface area contributed by atoms with Crippen LogP contribution in [0.3, 0.4) is 0 Å². The Labute approximate surface area is 210 Å².